The van der Waals surface area contributed by atoms with Gasteiger partial charge in [-0.25, -0.2) is 0 Å². The fourth-order valence-electron chi connectivity index (χ4n) is 6.21. The number of fused-ring (bicyclic) bond motifs is 5. The Hall–Kier alpha value is -4.75. The molecule has 1 aliphatic rings. The quantitative estimate of drug-likeness (QED) is 0.237. The van der Waals surface area contributed by atoms with Gasteiger partial charge in [0.2, 0.25) is 0 Å². The molecule has 0 aliphatic heterocycles. The van der Waals surface area contributed by atoms with Gasteiger partial charge in [-0.05, 0) is 66.6 Å². The Kier molecular flexibility index (Phi) is 4.00. The minimum Gasteiger partial charge on any atom is -0.256 e. The Labute approximate surface area is 209 Å². The third-order valence-electron chi connectivity index (χ3n) is 7.66. The summed E-state index contributed by atoms with van der Waals surface area (Å²) in [6, 6.07) is 43.9. The number of hydrogen-bond donors (Lipinski definition) is 0. The van der Waals surface area contributed by atoms with Crippen molar-refractivity contribution in [3.05, 3.63) is 128 Å². The molecule has 8 rings (SSSR count). The fourth-order valence-corrected chi connectivity index (χ4v) is 6.21. The molecule has 0 spiro atoms. The van der Waals surface area contributed by atoms with Gasteiger partial charge in [-0.15, -0.1) is 0 Å². The van der Waals surface area contributed by atoms with Crippen LogP contribution in [-0.2, 0) is 0 Å². The molecule has 0 saturated carbocycles. The SMILES string of the molecule is c1ccc(-c2c3ccccc3c(-c3ccc4c5c(cccc35)-c3ccccc3-4)c3cccnc23)cc1. The maximum atomic E-state index is 4.95. The minimum absolute atomic E-state index is 1.05. The Balaban J connectivity index is 1.55. The summed E-state index contributed by atoms with van der Waals surface area (Å²) >= 11 is 0. The summed E-state index contributed by atoms with van der Waals surface area (Å²) in [5.41, 5.74) is 11.3. The van der Waals surface area contributed by atoms with E-state index in [4.69, 9.17) is 4.98 Å². The van der Waals surface area contributed by atoms with Gasteiger partial charge in [0.05, 0.1) is 5.52 Å². The Bertz CT molecular complexity index is 1900. The molecular formula is C35H21N. The van der Waals surface area contributed by atoms with Crippen LogP contribution in [0.1, 0.15) is 0 Å². The molecule has 1 aromatic heterocycles. The largest absolute Gasteiger partial charge is 0.256 e. The number of aromatic nitrogens is 1. The molecular weight excluding hydrogens is 434 g/mol. The smallest absolute Gasteiger partial charge is 0.0792 e. The standard InChI is InChI=1S/C35H21N/c1-2-10-22(11-3-1)32-26-14-6-7-15-27(26)34(31-18-9-21-36-35(31)32)30-20-19-29-24-13-5-4-12-23(24)25-16-8-17-28(30)33(25)29/h1-21H. The van der Waals surface area contributed by atoms with Crippen LogP contribution in [0, 0.1) is 0 Å². The van der Waals surface area contributed by atoms with Crippen LogP contribution in [0.4, 0.5) is 0 Å². The highest BCUT2D eigenvalue weighted by Gasteiger charge is 2.24. The second-order valence-electron chi connectivity index (χ2n) is 9.50. The summed E-state index contributed by atoms with van der Waals surface area (Å²) in [5, 5.41) is 6.32. The first-order valence-corrected chi connectivity index (χ1v) is 12.4. The third kappa shape index (κ3) is 2.57. The molecule has 1 nitrogen and oxygen atoms in total. The van der Waals surface area contributed by atoms with E-state index in [0.717, 1.165) is 5.52 Å². The Morgan fingerprint density at radius 2 is 0.944 bits per heavy atom. The molecule has 1 aliphatic carbocycles. The van der Waals surface area contributed by atoms with Gasteiger partial charge >= 0.3 is 0 Å². The van der Waals surface area contributed by atoms with Gasteiger partial charge in [-0.1, -0.05) is 115 Å². The summed E-state index contributed by atoms with van der Waals surface area (Å²) in [4.78, 5) is 4.95. The van der Waals surface area contributed by atoms with Crippen LogP contribution in [0.15, 0.2) is 128 Å². The summed E-state index contributed by atoms with van der Waals surface area (Å²) in [6.45, 7) is 0. The highest BCUT2D eigenvalue weighted by molar-refractivity contribution is 6.25. The van der Waals surface area contributed by atoms with E-state index < -0.39 is 0 Å². The molecule has 1 heteroatoms. The van der Waals surface area contributed by atoms with Crippen molar-refractivity contribution in [1.29, 1.82) is 0 Å². The van der Waals surface area contributed by atoms with Crippen molar-refractivity contribution in [2.75, 3.05) is 0 Å². The molecule has 0 amide bonds. The van der Waals surface area contributed by atoms with Crippen molar-refractivity contribution in [1.82, 2.24) is 4.98 Å². The number of hydrogen-bond acceptors (Lipinski definition) is 1. The van der Waals surface area contributed by atoms with Crippen LogP contribution in [0.3, 0.4) is 0 Å². The molecule has 0 radical (unpaired) electrons. The van der Waals surface area contributed by atoms with Crippen molar-refractivity contribution in [3.8, 4) is 44.5 Å². The van der Waals surface area contributed by atoms with Gasteiger partial charge < -0.3 is 0 Å². The Morgan fingerprint density at radius 3 is 1.75 bits per heavy atom. The molecule has 1 heterocycles. The van der Waals surface area contributed by atoms with Crippen molar-refractivity contribution in [2.45, 2.75) is 0 Å². The maximum Gasteiger partial charge on any atom is 0.0792 e. The van der Waals surface area contributed by atoms with Crippen molar-refractivity contribution in [3.63, 3.8) is 0 Å². The zero-order valence-corrected chi connectivity index (χ0v) is 19.6. The van der Waals surface area contributed by atoms with Crippen LogP contribution < -0.4 is 0 Å². The van der Waals surface area contributed by atoms with Crippen LogP contribution in [0.5, 0.6) is 0 Å². The molecule has 0 bridgehead atoms. The summed E-state index contributed by atoms with van der Waals surface area (Å²) in [5.74, 6) is 0. The molecule has 0 fully saturated rings. The predicted octanol–water partition coefficient (Wildman–Crippen LogP) is 9.52. The summed E-state index contributed by atoms with van der Waals surface area (Å²) < 4.78 is 0. The van der Waals surface area contributed by atoms with Gasteiger partial charge in [0.25, 0.3) is 0 Å². The topological polar surface area (TPSA) is 12.9 Å². The molecule has 0 atom stereocenters. The van der Waals surface area contributed by atoms with Gasteiger partial charge in [-0.2, -0.15) is 0 Å². The molecule has 0 N–H and O–H groups in total. The second-order valence-corrected chi connectivity index (χ2v) is 9.50. The van der Waals surface area contributed by atoms with Crippen molar-refractivity contribution in [2.24, 2.45) is 0 Å². The van der Waals surface area contributed by atoms with Gasteiger partial charge in [0.15, 0.2) is 0 Å². The van der Waals surface area contributed by atoms with E-state index in [-0.39, 0.29) is 0 Å². The highest BCUT2D eigenvalue weighted by Crippen LogP contribution is 2.51. The average Bonchev–Trinajstić information content (AvgIpc) is 3.28. The van der Waals surface area contributed by atoms with Crippen molar-refractivity contribution < 1.29 is 0 Å². The van der Waals surface area contributed by atoms with Gasteiger partial charge in [-0.3, -0.25) is 4.98 Å². The van der Waals surface area contributed by atoms with Crippen LogP contribution >= 0.6 is 0 Å². The van der Waals surface area contributed by atoms with E-state index in [0.29, 0.717) is 0 Å². The van der Waals surface area contributed by atoms with E-state index in [2.05, 4.69) is 121 Å². The molecule has 166 valence electrons. The average molecular weight is 456 g/mol. The molecule has 0 saturated heterocycles. The molecule has 6 aromatic carbocycles. The predicted molar refractivity (Wildman–Crippen MR) is 152 cm³/mol. The van der Waals surface area contributed by atoms with E-state index in [1.807, 2.05) is 6.20 Å². The van der Waals surface area contributed by atoms with E-state index in [1.54, 1.807) is 0 Å². The molecule has 7 aromatic rings. The number of benzene rings is 6. The van der Waals surface area contributed by atoms with Gasteiger partial charge in [0, 0.05) is 17.1 Å². The second kappa shape index (κ2) is 7.37. The number of pyridine rings is 1. The van der Waals surface area contributed by atoms with E-state index >= 15 is 0 Å². The first-order chi connectivity index (χ1) is 17.9. The van der Waals surface area contributed by atoms with Crippen LogP contribution in [0.2, 0.25) is 0 Å². The normalized spacial score (nSPS) is 11.9. The lowest BCUT2D eigenvalue weighted by Gasteiger charge is -2.18. The first kappa shape index (κ1) is 19.5. The van der Waals surface area contributed by atoms with Crippen LogP contribution in [-0.4, -0.2) is 4.98 Å². The van der Waals surface area contributed by atoms with E-state index in [1.165, 1.54) is 71.4 Å². The lowest BCUT2D eigenvalue weighted by atomic mass is 9.85. The summed E-state index contributed by atoms with van der Waals surface area (Å²) in [6.07, 6.45) is 1.91. The lowest BCUT2D eigenvalue weighted by Crippen LogP contribution is -1.93. The maximum absolute atomic E-state index is 4.95. The monoisotopic (exact) mass is 455 g/mol. The van der Waals surface area contributed by atoms with E-state index in [9.17, 15) is 0 Å². The molecule has 36 heavy (non-hydrogen) atoms. The highest BCUT2D eigenvalue weighted by atomic mass is 14.7. The third-order valence-corrected chi connectivity index (χ3v) is 7.66. The van der Waals surface area contributed by atoms with Crippen LogP contribution in [0.25, 0.3) is 77.0 Å². The van der Waals surface area contributed by atoms with Crippen molar-refractivity contribution >= 4 is 32.4 Å². The Morgan fingerprint density at radius 1 is 0.361 bits per heavy atom. The minimum atomic E-state index is 1.05. The number of nitrogens with zero attached hydrogens (tertiary/aromatic N) is 1. The zero-order chi connectivity index (χ0) is 23.6. The fraction of sp³-hybridized carbons (Fsp3) is 0. The van der Waals surface area contributed by atoms with Gasteiger partial charge in [0.1, 0.15) is 0 Å². The first-order valence-electron chi connectivity index (χ1n) is 12.4. The number of rotatable bonds is 2. The zero-order valence-electron chi connectivity index (χ0n) is 19.6. The lowest BCUT2D eigenvalue weighted by molar-refractivity contribution is 1.42. The summed E-state index contributed by atoms with van der Waals surface area (Å²) in [7, 11) is 0. The molecule has 0 unspecified atom stereocenters.